The molecule has 1 unspecified atom stereocenters. The molecular weight excluding hydrogens is 226 g/mol. The van der Waals surface area contributed by atoms with Crippen LogP contribution >= 0.6 is 0 Å². The minimum Gasteiger partial charge on any atom is -0.369 e. The van der Waals surface area contributed by atoms with Crippen LogP contribution in [0.15, 0.2) is 10.9 Å². The van der Waals surface area contributed by atoms with Crippen molar-refractivity contribution in [2.24, 2.45) is 0 Å². The van der Waals surface area contributed by atoms with Gasteiger partial charge in [0.05, 0.1) is 0 Å². The molecule has 0 bridgehead atoms. The van der Waals surface area contributed by atoms with Crippen molar-refractivity contribution in [3.05, 3.63) is 22.2 Å². The van der Waals surface area contributed by atoms with E-state index in [1.807, 2.05) is 13.8 Å². The third-order valence-corrected chi connectivity index (χ3v) is 3.39. The van der Waals surface area contributed by atoms with Gasteiger partial charge in [0.15, 0.2) is 0 Å². The van der Waals surface area contributed by atoms with E-state index in [1.165, 1.54) is 6.07 Å². The van der Waals surface area contributed by atoms with Crippen LogP contribution in [0.25, 0.3) is 0 Å². The number of hydrogen-bond acceptors (Lipinski definition) is 4. The van der Waals surface area contributed by atoms with E-state index in [2.05, 4.69) is 15.3 Å². The number of hydrogen-bond donors (Lipinski definition) is 2. The van der Waals surface area contributed by atoms with E-state index in [9.17, 15) is 9.00 Å². The van der Waals surface area contributed by atoms with Gasteiger partial charge in [-0.3, -0.25) is 9.00 Å². The first-order chi connectivity index (χ1) is 7.65. The highest BCUT2D eigenvalue weighted by Gasteiger charge is 2.00. The maximum atomic E-state index is 11.2. The average molecular weight is 243 g/mol. The van der Waals surface area contributed by atoms with Gasteiger partial charge in [-0.2, -0.15) is 0 Å². The smallest absolute Gasteiger partial charge is 0.252 e. The molecule has 16 heavy (non-hydrogen) atoms. The van der Waals surface area contributed by atoms with Crippen molar-refractivity contribution in [2.45, 2.75) is 20.3 Å². The normalized spacial score (nSPS) is 12.4. The molecule has 0 fully saturated rings. The van der Waals surface area contributed by atoms with Crippen LogP contribution in [0.2, 0.25) is 0 Å². The van der Waals surface area contributed by atoms with Crippen LogP contribution in [0, 0.1) is 0 Å². The van der Waals surface area contributed by atoms with Gasteiger partial charge >= 0.3 is 0 Å². The van der Waals surface area contributed by atoms with Gasteiger partial charge in [-0.1, -0.05) is 13.8 Å². The van der Waals surface area contributed by atoms with Crippen molar-refractivity contribution in [1.29, 1.82) is 0 Å². The van der Waals surface area contributed by atoms with Crippen LogP contribution in [-0.2, 0) is 17.2 Å². The van der Waals surface area contributed by atoms with Gasteiger partial charge in [-0.05, 0) is 0 Å². The van der Waals surface area contributed by atoms with Gasteiger partial charge in [0, 0.05) is 41.3 Å². The molecule has 1 aromatic heterocycles. The fraction of sp³-hybridized carbons (Fsp3) is 0.600. The molecule has 1 rings (SSSR count). The monoisotopic (exact) mass is 243 g/mol. The molecule has 2 N–H and O–H groups in total. The fourth-order valence-electron chi connectivity index (χ4n) is 1.20. The summed E-state index contributed by atoms with van der Waals surface area (Å²) in [4.78, 5) is 18.1. The third-order valence-electron chi connectivity index (χ3n) is 2.08. The van der Waals surface area contributed by atoms with Crippen molar-refractivity contribution >= 4 is 16.6 Å². The number of nitrogens with one attached hydrogen (secondary N) is 2. The SMILES string of the molecule is CCc1nc(NCCS(=O)CC)cc(=O)[nH]1. The van der Waals surface area contributed by atoms with Crippen LogP contribution < -0.4 is 10.9 Å². The van der Waals surface area contributed by atoms with E-state index >= 15 is 0 Å². The number of H-pyrrole nitrogens is 1. The van der Waals surface area contributed by atoms with Crippen molar-refractivity contribution in [1.82, 2.24) is 9.97 Å². The fourth-order valence-corrected chi connectivity index (χ4v) is 1.82. The Bertz CT molecular complexity index is 417. The summed E-state index contributed by atoms with van der Waals surface area (Å²) in [6.07, 6.45) is 0.686. The van der Waals surface area contributed by atoms with Gasteiger partial charge < -0.3 is 10.3 Å². The minimum atomic E-state index is -0.789. The molecule has 90 valence electrons. The lowest BCUT2D eigenvalue weighted by Crippen LogP contribution is -2.17. The van der Waals surface area contributed by atoms with Gasteiger partial charge in [0.2, 0.25) is 0 Å². The van der Waals surface area contributed by atoms with E-state index < -0.39 is 10.8 Å². The Balaban J connectivity index is 2.57. The number of aryl methyl sites for hydroxylation is 1. The molecule has 0 aliphatic rings. The number of rotatable bonds is 6. The summed E-state index contributed by atoms with van der Waals surface area (Å²) in [5.74, 6) is 2.44. The molecule has 1 atom stereocenters. The van der Waals surface area contributed by atoms with Crippen molar-refractivity contribution in [3.63, 3.8) is 0 Å². The van der Waals surface area contributed by atoms with E-state index in [1.54, 1.807) is 0 Å². The van der Waals surface area contributed by atoms with Crippen LogP contribution in [0.3, 0.4) is 0 Å². The maximum Gasteiger partial charge on any atom is 0.252 e. The molecule has 0 aliphatic heterocycles. The predicted octanol–water partition coefficient (Wildman–Crippen LogP) is 0.513. The second kappa shape index (κ2) is 6.42. The minimum absolute atomic E-state index is 0.161. The molecule has 0 aliphatic carbocycles. The van der Waals surface area contributed by atoms with Crippen molar-refractivity contribution in [3.8, 4) is 0 Å². The first kappa shape index (κ1) is 12.9. The van der Waals surface area contributed by atoms with Crippen molar-refractivity contribution in [2.75, 3.05) is 23.4 Å². The van der Waals surface area contributed by atoms with Gasteiger partial charge in [-0.15, -0.1) is 0 Å². The van der Waals surface area contributed by atoms with Gasteiger partial charge in [0.1, 0.15) is 11.6 Å². The number of nitrogens with zero attached hydrogens (tertiary/aromatic N) is 1. The van der Waals surface area contributed by atoms with Crippen molar-refractivity contribution < 1.29 is 4.21 Å². The molecule has 5 nitrogen and oxygen atoms in total. The lowest BCUT2D eigenvalue weighted by atomic mass is 10.4. The average Bonchev–Trinajstić information content (AvgIpc) is 2.28. The van der Waals surface area contributed by atoms with E-state index in [0.717, 1.165) is 0 Å². The Morgan fingerprint density at radius 2 is 2.25 bits per heavy atom. The summed E-state index contributed by atoms with van der Waals surface area (Å²) < 4.78 is 11.2. The van der Waals surface area contributed by atoms with Gasteiger partial charge in [-0.25, -0.2) is 4.98 Å². The second-order valence-electron chi connectivity index (χ2n) is 3.29. The standard InChI is InChI=1S/C10H17N3O2S/c1-3-8-12-9(7-10(14)13-8)11-5-6-16(15)4-2/h7H,3-6H2,1-2H3,(H2,11,12,13,14). The molecule has 0 spiro atoms. The summed E-state index contributed by atoms with van der Waals surface area (Å²) in [7, 11) is -0.789. The van der Waals surface area contributed by atoms with E-state index in [0.29, 0.717) is 36.1 Å². The number of aromatic nitrogens is 2. The van der Waals surface area contributed by atoms with Crippen LogP contribution in [-0.4, -0.2) is 32.2 Å². The molecule has 0 saturated heterocycles. The predicted molar refractivity (Wildman–Crippen MR) is 66.3 cm³/mol. The van der Waals surface area contributed by atoms with Crippen LogP contribution in [0.1, 0.15) is 19.7 Å². The topological polar surface area (TPSA) is 74.8 Å². The zero-order valence-corrected chi connectivity index (χ0v) is 10.4. The third kappa shape index (κ3) is 4.14. The summed E-state index contributed by atoms with van der Waals surface area (Å²) in [5, 5.41) is 3.00. The molecule has 1 heterocycles. The first-order valence-corrected chi connectivity index (χ1v) is 6.83. The largest absolute Gasteiger partial charge is 0.369 e. The highest BCUT2D eigenvalue weighted by molar-refractivity contribution is 7.84. The molecular formula is C10H17N3O2S. The summed E-state index contributed by atoms with van der Waals surface area (Å²) in [6.45, 7) is 4.38. The summed E-state index contributed by atoms with van der Waals surface area (Å²) in [5.41, 5.74) is -0.161. The summed E-state index contributed by atoms with van der Waals surface area (Å²) in [6, 6.07) is 1.41. The molecule has 0 saturated carbocycles. The zero-order valence-electron chi connectivity index (χ0n) is 9.58. The Labute approximate surface area is 97.1 Å². The number of anilines is 1. The lowest BCUT2D eigenvalue weighted by Gasteiger charge is -2.05. The van der Waals surface area contributed by atoms with E-state index in [4.69, 9.17) is 0 Å². The van der Waals surface area contributed by atoms with Crippen LogP contribution in [0.4, 0.5) is 5.82 Å². The Morgan fingerprint density at radius 3 is 2.88 bits per heavy atom. The molecule has 1 aromatic rings. The Hall–Kier alpha value is -1.17. The highest BCUT2D eigenvalue weighted by atomic mass is 32.2. The Kier molecular flexibility index (Phi) is 5.18. The molecule has 0 aromatic carbocycles. The number of aromatic amines is 1. The first-order valence-electron chi connectivity index (χ1n) is 5.34. The molecule has 0 radical (unpaired) electrons. The zero-order chi connectivity index (χ0) is 12.0. The second-order valence-corrected chi connectivity index (χ2v) is 5.16. The quantitative estimate of drug-likeness (QED) is 0.763. The maximum absolute atomic E-state index is 11.2. The highest BCUT2D eigenvalue weighted by Crippen LogP contribution is 1.98. The lowest BCUT2D eigenvalue weighted by molar-refractivity contribution is 0.684. The van der Waals surface area contributed by atoms with E-state index in [-0.39, 0.29) is 5.56 Å². The van der Waals surface area contributed by atoms with Crippen LogP contribution in [0.5, 0.6) is 0 Å². The van der Waals surface area contributed by atoms with Gasteiger partial charge in [0.25, 0.3) is 5.56 Å². The summed E-state index contributed by atoms with van der Waals surface area (Å²) >= 11 is 0. The Morgan fingerprint density at radius 1 is 1.50 bits per heavy atom. The molecule has 0 amide bonds. The molecule has 6 heteroatoms.